The van der Waals surface area contributed by atoms with Crippen molar-refractivity contribution in [1.29, 1.82) is 5.26 Å². The number of benzene rings is 3. The monoisotopic (exact) mass is 804 g/mol. The Balaban J connectivity index is 0.749. The van der Waals surface area contributed by atoms with Gasteiger partial charge in [0.15, 0.2) is 0 Å². The van der Waals surface area contributed by atoms with E-state index in [0.29, 0.717) is 34.5 Å². The highest BCUT2D eigenvalue weighted by Crippen LogP contribution is 2.46. The lowest BCUT2D eigenvalue weighted by molar-refractivity contribution is -0.134. The maximum atomic E-state index is 13.6. The number of amides is 4. The van der Waals surface area contributed by atoms with E-state index in [-0.39, 0.29) is 29.6 Å². The van der Waals surface area contributed by atoms with Gasteiger partial charge >= 0.3 is 0 Å². The first-order valence-corrected chi connectivity index (χ1v) is 21.3. The van der Waals surface area contributed by atoms with Crippen LogP contribution in [0.1, 0.15) is 78.1 Å². The molecule has 0 aliphatic carbocycles. The average Bonchev–Trinajstić information content (AvgIpc) is 3.57. The number of rotatable bonds is 8. The second kappa shape index (κ2) is 17.0. The van der Waals surface area contributed by atoms with Crippen molar-refractivity contribution in [2.24, 2.45) is 11.3 Å². The molecule has 13 heteroatoms. The molecule has 5 saturated heterocycles. The van der Waals surface area contributed by atoms with Gasteiger partial charge in [0.05, 0.1) is 10.6 Å². The summed E-state index contributed by atoms with van der Waals surface area (Å²) in [5.41, 5.74) is 5.37. The first kappa shape index (κ1) is 39.7. The van der Waals surface area contributed by atoms with Crippen molar-refractivity contribution in [2.75, 3.05) is 80.1 Å². The molecule has 58 heavy (non-hydrogen) atoms. The zero-order chi connectivity index (χ0) is 40.4. The standard InChI is InChI=1S/C45H53ClN8O4/c1-31-27-45(30-54(31)38-11-6-35(28-47)39(46)26-38)16-20-51(21-17-45)36-9-4-34(5-10-36)44(58)53-18-14-32(15-19-53)29-50-22-24-52(25-23-50)37-7-2-33(3-8-37)42(56)48-40-12-13-41(55)49-43(40)57/h2-11,26,31-32,40H,12-25,27,29-30H2,1H3,(H,48,56)(H,49,55,57). The van der Waals surface area contributed by atoms with Gasteiger partial charge in [0.25, 0.3) is 11.8 Å². The highest BCUT2D eigenvalue weighted by Gasteiger charge is 2.44. The van der Waals surface area contributed by atoms with E-state index in [1.807, 2.05) is 47.4 Å². The van der Waals surface area contributed by atoms with Gasteiger partial charge in [-0.05, 0) is 124 Å². The molecular weight excluding hydrogens is 752 g/mol. The van der Waals surface area contributed by atoms with E-state index < -0.39 is 11.9 Å². The largest absolute Gasteiger partial charge is 0.371 e. The minimum Gasteiger partial charge on any atom is -0.371 e. The maximum Gasteiger partial charge on any atom is 0.253 e. The van der Waals surface area contributed by atoms with Crippen LogP contribution in [0.15, 0.2) is 66.7 Å². The number of anilines is 3. The van der Waals surface area contributed by atoms with Gasteiger partial charge in [-0.2, -0.15) is 5.26 Å². The Hall–Kier alpha value is -5.12. The minimum absolute atomic E-state index is 0.124. The highest BCUT2D eigenvalue weighted by atomic mass is 35.5. The van der Waals surface area contributed by atoms with E-state index in [9.17, 15) is 24.4 Å². The second-order valence-corrected chi connectivity index (χ2v) is 17.4. The fourth-order valence-corrected chi connectivity index (χ4v) is 10.0. The summed E-state index contributed by atoms with van der Waals surface area (Å²) in [4.78, 5) is 61.5. The molecule has 12 nitrogen and oxygen atoms in total. The SMILES string of the molecule is CC1CC2(CCN(c3ccc(C(=O)N4CCC(CN5CCN(c6ccc(C(=O)NC7CCC(=O)NC7=O)cc6)CC5)CC4)cc3)CC2)CN1c1ccc(C#N)c(Cl)c1. The molecule has 0 saturated carbocycles. The summed E-state index contributed by atoms with van der Waals surface area (Å²) in [5.74, 6) is -0.388. The Morgan fingerprint density at radius 3 is 2.07 bits per heavy atom. The number of piperidine rings is 3. The Labute approximate surface area is 346 Å². The van der Waals surface area contributed by atoms with E-state index >= 15 is 0 Å². The first-order valence-electron chi connectivity index (χ1n) is 20.9. The lowest BCUT2D eigenvalue weighted by Crippen LogP contribution is -2.52. The number of halogens is 1. The number of imide groups is 1. The van der Waals surface area contributed by atoms with Crippen LogP contribution < -0.4 is 25.3 Å². The Bertz CT molecular complexity index is 2050. The Kier molecular flexibility index (Phi) is 11.6. The van der Waals surface area contributed by atoms with Crippen molar-refractivity contribution in [1.82, 2.24) is 20.4 Å². The van der Waals surface area contributed by atoms with Crippen molar-refractivity contribution >= 4 is 52.3 Å². The van der Waals surface area contributed by atoms with Gasteiger partial charge in [-0.3, -0.25) is 29.4 Å². The predicted octanol–water partition coefficient (Wildman–Crippen LogP) is 5.31. The van der Waals surface area contributed by atoms with Gasteiger partial charge in [0.1, 0.15) is 12.1 Å². The summed E-state index contributed by atoms with van der Waals surface area (Å²) in [6.07, 6.45) is 5.94. The van der Waals surface area contributed by atoms with Gasteiger partial charge in [-0.15, -0.1) is 0 Å². The molecule has 5 heterocycles. The van der Waals surface area contributed by atoms with Crippen LogP contribution >= 0.6 is 11.6 Å². The number of likely N-dealkylation sites (tertiary alicyclic amines) is 1. The van der Waals surface area contributed by atoms with Gasteiger partial charge in [-0.25, -0.2) is 0 Å². The lowest BCUT2D eigenvalue weighted by atomic mass is 9.76. The van der Waals surface area contributed by atoms with Crippen LogP contribution in [0, 0.1) is 22.7 Å². The van der Waals surface area contributed by atoms with Gasteiger partial charge in [0, 0.05) is 106 Å². The van der Waals surface area contributed by atoms with Crippen LogP contribution in [0.2, 0.25) is 5.02 Å². The Morgan fingerprint density at radius 1 is 0.828 bits per heavy atom. The number of carbonyl (C=O) groups excluding carboxylic acids is 4. The molecule has 5 aliphatic heterocycles. The summed E-state index contributed by atoms with van der Waals surface area (Å²) in [5, 5.41) is 14.8. The fourth-order valence-electron chi connectivity index (χ4n) is 9.81. The molecule has 5 aliphatic rings. The smallest absolute Gasteiger partial charge is 0.253 e. The predicted molar refractivity (Wildman–Crippen MR) is 225 cm³/mol. The molecule has 2 unspecified atom stereocenters. The molecule has 3 aromatic carbocycles. The molecule has 5 fully saturated rings. The third-order valence-corrected chi connectivity index (χ3v) is 13.6. The number of piperazine rings is 1. The summed E-state index contributed by atoms with van der Waals surface area (Å²) in [7, 11) is 0. The van der Waals surface area contributed by atoms with E-state index in [4.69, 9.17) is 11.6 Å². The average molecular weight is 805 g/mol. The van der Waals surface area contributed by atoms with Crippen molar-refractivity contribution in [3.63, 3.8) is 0 Å². The molecule has 0 aromatic heterocycles. The number of nitrogens with one attached hydrogen (secondary N) is 2. The maximum absolute atomic E-state index is 13.6. The normalized spacial score (nSPS) is 22.8. The van der Waals surface area contributed by atoms with E-state index in [0.717, 1.165) is 114 Å². The van der Waals surface area contributed by atoms with Gasteiger partial charge < -0.3 is 24.9 Å². The molecule has 3 aromatic rings. The molecule has 2 atom stereocenters. The van der Waals surface area contributed by atoms with Crippen LogP contribution in [0.3, 0.4) is 0 Å². The third-order valence-electron chi connectivity index (χ3n) is 13.3. The molecule has 8 rings (SSSR count). The van der Waals surface area contributed by atoms with E-state index in [1.165, 1.54) is 5.69 Å². The molecule has 0 radical (unpaired) electrons. The number of nitriles is 1. The highest BCUT2D eigenvalue weighted by molar-refractivity contribution is 6.32. The summed E-state index contributed by atoms with van der Waals surface area (Å²) in [6.45, 7) is 11.6. The summed E-state index contributed by atoms with van der Waals surface area (Å²) in [6, 6.07) is 23.4. The van der Waals surface area contributed by atoms with Crippen molar-refractivity contribution < 1.29 is 19.2 Å². The Morgan fingerprint density at radius 2 is 1.45 bits per heavy atom. The molecule has 304 valence electrons. The van der Waals surface area contributed by atoms with Crippen LogP contribution in [0.25, 0.3) is 0 Å². The van der Waals surface area contributed by atoms with E-state index in [1.54, 1.807) is 12.1 Å². The number of nitrogens with zero attached hydrogens (tertiary/aromatic N) is 6. The molecule has 2 N–H and O–H groups in total. The summed E-state index contributed by atoms with van der Waals surface area (Å²) < 4.78 is 0. The quantitative estimate of drug-likeness (QED) is 0.291. The van der Waals surface area contributed by atoms with Crippen molar-refractivity contribution in [2.45, 2.75) is 64.0 Å². The van der Waals surface area contributed by atoms with Crippen molar-refractivity contribution in [3.05, 3.63) is 88.4 Å². The second-order valence-electron chi connectivity index (χ2n) is 17.0. The van der Waals surface area contributed by atoms with Crippen LogP contribution in [0.4, 0.5) is 17.1 Å². The fraction of sp³-hybridized carbons (Fsp3) is 0.489. The molecule has 1 spiro atoms. The minimum atomic E-state index is -0.692. The van der Waals surface area contributed by atoms with Crippen LogP contribution in [-0.2, 0) is 9.59 Å². The van der Waals surface area contributed by atoms with Gasteiger partial charge in [-0.1, -0.05) is 11.6 Å². The molecule has 4 amide bonds. The third kappa shape index (κ3) is 8.66. The molecule has 0 bridgehead atoms. The molecular formula is C45H53ClN8O4. The zero-order valence-electron chi connectivity index (χ0n) is 33.3. The van der Waals surface area contributed by atoms with Crippen molar-refractivity contribution in [3.8, 4) is 6.07 Å². The summed E-state index contributed by atoms with van der Waals surface area (Å²) >= 11 is 6.38. The number of hydrogen-bond acceptors (Lipinski definition) is 9. The van der Waals surface area contributed by atoms with Gasteiger partial charge in [0.2, 0.25) is 11.8 Å². The lowest BCUT2D eigenvalue weighted by Gasteiger charge is -2.40. The topological polar surface area (TPSA) is 132 Å². The zero-order valence-corrected chi connectivity index (χ0v) is 34.1. The van der Waals surface area contributed by atoms with Crippen LogP contribution in [-0.4, -0.2) is 111 Å². The number of carbonyl (C=O) groups is 4. The number of hydrogen-bond donors (Lipinski definition) is 2. The van der Waals surface area contributed by atoms with Crippen LogP contribution in [0.5, 0.6) is 0 Å². The van der Waals surface area contributed by atoms with E-state index in [2.05, 4.69) is 55.4 Å². The first-order chi connectivity index (χ1) is 28.1.